The van der Waals surface area contributed by atoms with E-state index >= 15 is 0 Å². The van der Waals surface area contributed by atoms with Gasteiger partial charge in [-0.1, -0.05) is 30.3 Å². The van der Waals surface area contributed by atoms with Crippen LogP contribution in [0, 0.1) is 0 Å². The predicted octanol–water partition coefficient (Wildman–Crippen LogP) is 4.11. The molecule has 4 nitrogen and oxygen atoms in total. The molecule has 8 heteroatoms. The first kappa shape index (κ1) is 20.1. The number of likely N-dealkylation sites (tertiary alicyclic amines) is 1. The molecule has 3 rings (SSSR count). The van der Waals surface area contributed by atoms with Gasteiger partial charge >= 0.3 is 6.18 Å². The van der Waals surface area contributed by atoms with Crippen LogP contribution in [0.3, 0.4) is 0 Å². The number of hydrogen-bond acceptors (Lipinski definition) is 3. The third-order valence-electron chi connectivity index (χ3n) is 4.58. The monoisotopic (exact) mass is 408 g/mol. The summed E-state index contributed by atoms with van der Waals surface area (Å²) in [6.45, 7) is 0.591. The lowest BCUT2D eigenvalue weighted by Gasteiger charge is -2.32. The molecular weight excluding hydrogens is 389 g/mol. The molecule has 1 N–H and O–H groups in total. The van der Waals surface area contributed by atoms with Gasteiger partial charge in [-0.15, -0.1) is 0 Å². The fourth-order valence-electron chi connectivity index (χ4n) is 3.07. The van der Waals surface area contributed by atoms with Crippen LogP contribution in [-0.2, 0) is 4.79 Å². The molecule has 28 heavy (non-hydrogen) atoms. The van der Waals surface area contributed by atoms with Crippen molar-refractivity contribution in [2.24, 2.45) is 0 Å². The average molecular weight is 408 g/mol. The largest absolute Gasteiger partial charge is 0.417 e. The smallest absolute Gasteiger partial charge is 0.349 e. The van der Waals surface area contributed by atoms with Gasteiger partial charge in [-0.3, -0.25) is 9.59 Å². The van der Waals surface area contributed by atoms with Crippen molar-refractivity contribution >= 4 is 28.7 Å². The Kier molecular flexibility index (Phi) is 6.18. The molecule has 148 valence electrons. The van der Waals surface area contributed by atoms with Crippen LogP contribution >= 0.6 is 11.3 Å². The molecule has 1 saturated heterocycles. The molecule has 2 amide bonds. The maximum Gasteiger partial charge on any atom is 0.417 e. The van der Waals surface area contributed by atoms with Crippen LogP contribution in [0.1, 0.15) is 28.8 Å². The lowest BCUT2D eigenvalue weighted by Crippen LogP contribution is -2.46. The van der Waals surface area contributed by atoms with Crippen molar-refractivity contribution < 1.29 is 22.8 Å². The van der Waals surface area contributed by atoms with Crippen LogP contribution < -0.4 is 5.32 Å². The summed E-state index contributed by atoms with van der Waals surface area (Å²) in [5, 5.41) is 6.47. The molecule has 1 aliphatic rings. The number of benzene rings is 1. The van der Waals surface area contributed by atoms with Crippen molar-refractivity contribution in [3.8, 4) is 0 Å². The summed E-state index contributed by atoms with van der Waals surface area (Å²) in [6.07, 6.45) is -2.95. The number of carbonyl (C=O) groups is 2. The topological polar surface area (TPSA) is 49.4 Å². The van der Waals surface area contributed by atoms with Crippen molar-refractivity contribution in [1.29, 1.82) is 0 Å². The molecule has 0 aliphatic carbocycles. The first-order valence-electron chi connectivity index (χ1n) is 8.81. The molecule has 0 atom stereocenters. The number of piperidine rings is 1. The van der Waals surface area contributed by atoms with Gasteiger partial charge < -0.3 is 10.2 Å². The van der Waals surface area contributed by atoms with Crippen LogP contribution in [-0.4, -0.2) is 42.0 Å². The minimum atomic E-state index is -4.62. The highest BCUT2D eigenvalue weighted by molar-refractivity contribution is 7.08. The molecule has 0 bridgehead atoms. The zero-order valence-corrected chi connectivity index (χ0v) is 15.7. The number of halogens is 3. The summed E-state index contributed by atoms with van der Waals surface area (Å²) >= 11 is 1.43. The predicted molar refractivity (Wildman–Crippen MR) is 102 cm³/mol. The second kappa shape index (κ2) is 8.60. The minimum Gasteiger partial charge on any atom is -0.349 e. The first-order valence-corrected chi connectivity index (χ1v) is 9.75. The average Bonchev–Trinajstić information content (AvgIpc) is 3.21. The first-order chi connectivity index (χ1) is 13.3. The Hall–Kier alpha value is -2.61. The molecule has 0 saturated carbocycles. The number of rotatable bonds is 4. The zero-order valence-electron chi connectivity index (χ0n) is 14.9. The number of allylic oxidation sites excluding steroid dienone is 1. The highest BCUT2D eigenvalue weighted by Gasteiger charge is 2.36. The number of alkyl halides is 3. The van der Waals surface area contributed by atoms with Crippen LogP contribution in [0.5, 0.6) is 0 Å². The Morgan fingerprint density at radius 1 is 1.07 bits per heavy atom. The van der Waals surface area contributed by atoms with Crippen LogP contribution in [0.25, 0.3) is 5.57 Å². The zero-order chi connectivity index (χ0) is 20.1. The number of carbonyl (C=O) groups excluding carboxylic acids is 2. The molecule has 2 heterocycles. The Morgan fingerprint density at radius 3 is 2.32 bits per heavy atom. The molecule has 0 spiro atoms. The van der Waals surface area contributed by atoms with E-state index in [2.05, 4.69) is 5.32 Å². The van der Waals surface area contributed by atoms with E-state index in [9.17, 15) is 22.8 Å². The summed E-state index contributed by atoms with van der Waals surface area (Å²) in [7, 11) is 0. The molecule has 1 aromatic heterocycles. The highest BCUT2D eigenvalue weighted by atomic mass is 32.1. The van der Waals surface area contributed by atoms with E-state index in [1.807, 2.05) is 5.38 Å². The molecular formula is C20H19F3N2O2S. The SMILES string of the molecule is O=C(NC1CCN(C(=O)/C=C(/c2ccccc2)C(F)(F)F)CC1)c1ccsc1. The summed E-state index contributed by atoms with van der Waals surface area (Å²) in [4.78, 5) is 25.9. The van der Waals surface area contributed by atoms with Gasteiger partial charge in [0.15, 0.2) is 0 Å². The number of nitrogens with zero attached hydrogens (tertiary/aromatic N) is 1. The van der Waals surface area contributed by atoms with Gasteiger partial charge in [0.2, 0.25) is 5.91 Å². The van der Waals surface area contributed by atoms with Crippen molar-refractivity contribution in [2.45, 2.75) is 25.1 Å². The van der Waals surface area contributed by atoms with Gasteiger partial charge in [0.05, 0.1) is 5.57 Å². The van der Waals surface area contributed by atoms with E-state index in [1.54, 1.807) is 17.5 Å². The Labute approximate surface area is 164 Å². The summed E-state index contributed by atoms with van der Waals surface area (Å²) < 4.78 is 40.2. The van der Waals surface area contributed by atoms with E-state index in [-0.39, 0.29) is 17.5 Å². The molecule has 2 aromatic rings. The lowest BCUT2D eigenvalue weighted by molar-refractivity contribution is -0.127. The van der Waals surface area contributed by atoms with Crippen LogP contribution in [0.4, 0.5) is 13.2 Å². The number of amides is 2. The van der Waals surface area contributed by atoms with Gasteiger partial charge in [-0.25, -0.2) is 0 Å². The second-order valence-corrected chi connectivity index (χ2v) is 7.29. The van der Waals surface area contributed by atoms with Crippen molar-refractivity contribution in [1.82, 2.24) is 10.2 Å². The van der Waals surface area contributed by atoms with E-state index in [1.165, 1.54) is 40.5 Å². The summed E-state index contributed by atoms with van der Waals surface area (Å²) in [5.74, 6) is -0.840. The highest BCUT2D eigenvalue weighted by Crippen LogP contribution is 2.34. The van der Waals surface area contributed by atoms with E-state index < -0.39 is 17.7 Å². The van der Waals surface area contributed by atoms with Crippen LogP contribution in [0.2, 0.25) is 0 Å². The number of hydrogen-bond donors (Lipinski definition) is 1. The molecule has 1 aliphatic heterocycles. The van der Waals surface area contributed by atoms with Gasteiger partial charge in [0.1, 0.15) is 0 Å². The fraction of sp³-hybridized carbons (Fsp3) is 0.300. The molecule has 0 unspecified atom stereocenters. The molecule has 1 fully saturated rings. The molecule has 1 aromatic carbocycles. The Bertz CT molecular complexity index is 840. The summed E-state index contributed by atoms with van der Waals surface area (Å²) in [6, 6.07) is 8.91. The van der Waals surface area contributed by atoms with E-state index in [4.69, 9.17) is 0 Å². The van der Waals surface area contributed by atoms with Crippen molar-refractivity contribution in [3.05, 3.63) is 64.4 Å². The maximum atomic E-state index is 13.4. The van der Waals surface area contributed by atoms with Crippen molar-refractivity contribution in [3.63, 3.8) is 0 Å². The second-order valence-electron chi connectivity index (χ2n) is 6.51. The van der Waals surface area contributed by atoms with Crippen LogP contribution in [0.15, 0.2) is 53.2 Å². The third kappa shape index (κ3) is 5.01. The number of thiophene rings is 1. The maximum absolute atomic E-state index is 13.4. The minimum absolute atomic E-state index is 0.0405. The standard InChI is InChI=1S/C20H19F3N2O2S/c21-20(22,23)17(14-4-2-1-3-5-14)12-18(26)25-9-6-16(7-10-25)24-19(27)15-8-11-28-13-15/h1-5,8,11-13,16H,6-7,9-10H2,(H,24,27)/b17-12-. The van der Waals surface area contributed by atoms with Crippen molar-refractivity contribution in [2.75, 3.05) is 13.1 Å². The van der Waals surface area contributed by atoms with Gasteiger partial charge in [0.25, 0.3) is 5.91 Å². The van der Waals surface area contributed by atoms with E-state index in [0.717, 1.165) is 0 Å². The van der Waals surface area contributed by atoms with Gasteiger partial charge in [-0.05, 0) is 29.9 Å². The Morgan fingerprint density at radius 2 is 1.75 bits per heavy atom. The third-order valence-corrected chi connectivity index (χ3v) is 5.27. The quantitative estimate of drug-likeness (QED) is 0.774. The normalized spacial score (nSPS) is 16.1. The number of nitrogens with one attached hydrogen (secondary N) is 1. The van der Waals surface area contributed by atoms with E-state index in [0.29, 0.717) is 37.6 Å². The van der Waals surface area contributed by atoms with Gasteiger partial charge in [-0.2, -0.15) is 24.5 Å². The fourth-order valence-corrected chi connectivity index (χ4v) is 3.70. The van der Waals surface area contributed by atoms with Gasteiger partial charge in [0, 0.05) is 36.2 Å². The molecule has 0 radical (unpaired) electrons. The summed E-state index contributed by atoms with van der Waals surface area (Å²) in [5.41, 5.74) is -0.406. The lowest BCUT2D eigenvalue weighted by atomic mass is 10.0. The Balaban J connectivity index is 1.62.